The number of aromatic carboxylic acids is 1. The summed E-state index contributed by atoms with van der Waals surface area (Å²) in [5.41, 5.74) is -0.763. The lowest BCUT2D eigenvalue weighted by molar-refractivity contribution is 0.0599. The van der Waals surface area contributed by atoms with Crippen LogP contribution in [0.5, 0.6) is 0 Å². The lowest BCUT2D eigenvalue weighted by atomic mass is 10.2. The molecule has 0 aliphatic rings. The first-order valence-corrected chi connectivity index (χ1v) is 7.97. The van der Waals surface area contributed by atoms with Gasteiger partial charge in [-0.2, -0.15) is 0 Å². The fraction of sp³-hybridized carbons (Fsp3) is 0.0667. The third-order valence-electron chi connectivity index (χ3n) is 3.01. The van der Waals surface area contributed by atoms with E-state index in [1.165, 1.54) is 18.2 Å². The average Bonchev–Trinajstić information content (AvgIpc) is 2.55. The van der Waals surface area contributed by atoms with Crippen LogP contribution in [0.2, 0.25) is 0 Å². The summed E-state index contributed by atoms with van der Waals surface area (Å²) in [6.07, 6.45) is 0. The van der Waals surface area contributed by atoms with Gasteiger partial charge in [0, 0.05) is 5.69 Å². The molecule has 0 amide bonds. The Morgan fingerprint density at radius 1 is 1.17 bits per heavy atom. The van der Waals surface area contributed by atoms with Gasteiger partial charge in [-0.05, 0) is 36.4 Å². The van der Waals surface area contributed by atoms with E-state index >= 15 is 0 Å². The van der Waals surface area contributed by atoms with Crippen LogP contribution in [0, 0.1) is 5.82 Å². The van der Waals surface area contributed by atoms with E-state index in [4.69, 9.17) is 5.11 Å². The number of carbonyl (C=O) groups excluding carboxylic acids is 1. The number of nitrogens with one attached hydrogen (secondary N) is 1. The minimum atomic E-state index is -4.11. The lowest BCUT2D eigenvalue weighted by Gasteiger charge is -2.10. The zero-order valence-corrected chi connectivity index (χ0v) is 13.1. The van der Waals surface area contributed by atoms with Crippen molar-refractivity contribution in [3.63, 3.8) is 0 Å². The van der Waals surface area contributed by atoms with E-state index in [2.05, 4.69) is 9.46 Å². The Kier molecular flexibility index (Phi) is 4.84. The number of hydrogen-bond donors (Lipinski definition) is 2. The number of esters is 1. The van der Waals surface area contributed by atoms with Crippen molar-refractivity contribution in [2.75, 3.05) is 11.8 Å². The minimum Gasteiger partial charge on any atom is -0.478 e. The number of hydrogen-bond acceptors (Lipinski definition) is 5. The van der Waals surface area contributed by atoms with Gasteiger partial charge >= 0.3 is 11.9 Å². The second-order valence-electron chi connectivity index (χ2n) is 4.62. The zero-order chi connectivity index (χ0) is 17.9. The fourth-order valence-electron chi connectivity index (χ4n) is 1.87. The highest BCUT2D eigenvalue weighted by molar-refractivity contribution is 7.92. The normalized spacial score (nSPS) is 10.9. The lowest BCUT2D eigenvalue weighted by Crippen LogP contribution is -2.14. The van der Waals surface area contributed by atoms with Gasteiger partial charge in [-0.3, -0.25) is 4.72 Å². The molecule has 0 aromatic heterocycles. The molecule has 0 unspecified atom stereocenters. The number of methoxy groups -OCH3 is 1. The van der Waals surface area contributed by atoms with E-state index in [0.717, 1.165) is 31.4 Å². The molecule has 2 rings (SSSR count). The molecular formula is C15H12FNO6S. The monoisotopic (exact) mass is 353 g/mol. The van der Waals surface area contributed by atoms with Crippen LogP contribution in [0.1, 0.15) is 20.7 Å². The van der Waals surface area contributed by atoms with Crippen molar-refractivity contribution in [2.45, 2.75) is 4.90 Å². The Bertz CT molecular complexity index is 910. The van der Waals surface area contributed by atoms with Crippen LogP contribution in [-0.4, -0.2) is 32.6 Å². The summed E-state index contributed by atoms with van der Waals surface area (Å²) >= 11 is 0. The van der Waals surface area contributed by atoms with Gasteiger partial charge in [0.15, 0.2) is 0 Å². The summed E-state index contributed by atoms with van der Waals surface area (Å²) in [6.45, 7) is 0. The Morgan fingerprint density at radius 2 is 1.88 bits per heavy atom. The van der Waals surface area contributed by atoms with Gasteiger partial charge < -0.3 is 9.84 Å². The minimum absolute atomic E-state index is 0.0331. The highest BCUT2D eigenvalue weighted by atomic mass is 32.2. The maximum atomic E-state index is 13.3. The van der Waals surface area contributed by atoms with Crippen LogP contribution in [0.4, 0.5) is 10.1 Å². The van der Waals surface area contributed by atoms with Crippen LogP contribution in [0.3, 0.4) is 0 Å². The van der Waals surface area contributed by atoms with Gasteiger partial charge in [0.25, 0.3) is 10.0 Å². The summed E-state index contributed by atoms with van der Waals surface area (Å²) in [6, 6.07) is 7.88. The first kappa shape index (κ1) is 17.4. The summed E-state index contributed by atoms with van der Waals surface area (Å²) in [5.74, 6) is -3.22. The van der Waals surface area contributed by atoms with Crippen molar-refractivity contribution in [1.29, 1.82) is 0 Å². The molecule has 2 aromatic rings. The molecule has 0 aliphatic heterocycles. The van der Waals surface area contributed by atoms with Crippen molar-refractivity contribution in [1.82, 2.24) is 0 Å². The Hall–Kier alpha value is -2.94. The molecule has 0 heterocycles. The van der Waals surface area contributed by atoms with Gasteiger partial charge in [-0.25, -0.2) is 22.4 Å². The SMILES string of the molecule is COC(=O)c1cccc(S(=O)(=O)Nc2ccc(F)c(C(=O)O)c2)c1. The molecule has 0 radical (unpaired) electrons. The predicted molar refractivity (Wildman–Crippen MR) is 81.9 cm³/mol. The highest BCUT2D eigenvalue weighted by Crippen LogP contribution is 2.20. The number of sulfonamides is 1. The largest absolute Gasteiger partial charge is 0.478 e. The number of halogens is 1. The smallest absolute Gasteiger partial charge is 0.338 e. The maximum Gasteiger partial charge on any atom is 0.338 e. The molecule has 0 atom stereocenters. The van der Waals surface area contributed by atoms with Crippen LogP contribution in [0.15, 0.2) is 47.4 Å². The number of carboxylic acids is 1. The quantitative estimate of drug-likeness (QED) is 0.797. The van der Waals surface area contributed by atoms with Gasteiger partial charge in [0.2, 0.25) is 0 Å². The Balaban J connectivity index is 2.37. The molecule has 126 valence electrons. The molecule has 0 saturated heterocycles. The topological polar surface area (TPSA) is 110 Å². The molecule has 0 bridgehead atoms. The number of carboxylic acid groups (broad SMARTS) is 1. The van der Waals surface area contributed by atoms with Crippen LogP contribution in [0.25, 0.3) is 0 Å². The summed E-state index contributed by atoms with van der Waals surface area (Å²) < 4.78 is 44.6. The number of ether oxygens (including phenoxy) is 1. The van der Waals surface area contributed by atoms with Crippen LogP contribution >= 0.6 is 0 Å². The van der Waals surface area contributed by atoms with Crippen molar-refractivity contribution >= 4 is 27.6 Å². The van der Waals surface area contributed by atoms with E-state index in [1.54, 1.807) is 0 Å². The molecule has 0 aliphatic carbocycles. The Morgan fingerprint density at radius 3 is 2.50 bits per heavy atom. The third kappa shape index (κ3) is 3.69. The van der Waals surface area contributed by atoms with E-state index < -0.39 is 33.3 Å². The van der Waals surface area contributed by atoms with Crippen molar-refractivity contribution in [2.24, 2.45) is 0 Å². The van der Waals surface area contributed by atoms with E-state index in [9.17, 15) is 22.4 Å². The van der Waals surface area contributed by atoms with Gasteiger partial charge in [-0.1, -0.05) is 6.07 Å². The maximum absolute atomic E-state index is 13.3. The van der Waals surface area contributed by atoms with Gasteiger partial charge in [0.05, 0.1) is 23.1 Å². The van der Waals surface area contributed by atoms with Gasteiger partial charge in [-0.15, -0.1) is 0 Å². The fourth-order valence-corrected chi connectivity index (χ4v) is 2.97. The average molecular weight is 353 g/mol. The molecule has 9 heteroatoms. The standard InChI is InChI=1S/C15H12FNO6S/c1-23-15(20)9-3-2-4-11(7-9)24(21,22)17-10-5-6-13(16)12(8-10)14(18)19/h2-8,17H,1H3,(H,18,19). The molecule has 0 saturated carbocycles. The van der Waals surface area contributed by atoms with Crippen molar-refractivity contribution in [3.05, 3.63) is 59.4 Å². The summed E-state index contributed by atoms with van der Waals surface area (Å²) in [7, 11) is -2.95. The Labute approximate surface area is 136 Å². The molecule has 7 nitrogen and oxygen atoms in total. The van der Waals surface area contributed by atoms with Crippen molar-refractivity contribution in [3.8, 4) is 0 Å². The van der Waals surface area contributed by atoms with Crippen LogP contribution < -0.4 is 4.72 Å². The molecule has 0 fully saturated rings. The number of rotatable bonds is 5. The summed E-state index contributed by atoms with van der Waals surface area (Å²) in [5, 5.41) is 8.86. The predicted octanol–water partition coefficient (Wildman–Crippen LogP) is 2.11. The van der Waals surface area contributed by atoms with E-state index in [1.807, 2.05) is 0 Å². The van der Waals surface area contributed by atoms with Gasteiger partial charge in [0.1, 0.15) is 5.82 Å². The first-order chi connectivity index (χ1) is 11.2. The third-order valence-corrected chi connectivity index (χ3v) is 4.39. The molecule has 2 N–H and O–H groups in total. The second-order valence-corrected chi connectivity index (χ2v) is 6.31. The molecule has 0 spiro atoms. The summed E-state index contributed by atoms with van der Waals surface area (Å²) in [4.78, 5) is 22.1. The van der Waals surface area contributed by atoms with Crippen LogP contribution in [-0.2, 0) is 14.8 Å². The zero-order valence-electron chi connectivity index (χ0n) is 12.3. The molecular weight excluding hydrogens is 341 g/mol. The number of anilines is 1. The van der Waals surface area contributed by atoms with E-state index in [0.29, 0.717) is 0 Å². The highest BCUT2D eigenvalue weighted by Gasteiger charge is 2.18. The molecule has 24 heavy (non-hydrogen) atoms. The number of benzene rings is 2. The van der Waals surface area contributed by atoms with E-state index in [-0.39, 0.29) is 16.1 Å². The first-order valence-electron chi connectivity index (χ1n) is 6.48. The second kappa shape index (κ2) is 6.67. The van der Waals surface area contributed by atoms with Crippen molar-refractivity contribution < 1.29 is 32.2 Å². The number of carbonyl (C=O) groups is 2. The molecule has 2 aromatic carbocycles.